The van der Waals surface area contributed by atoms with Gasteiger partial charge in [-0.1, -0.05) is 41.9 Å². The smallest absolute Gasteiger partial charge is 0.257 e. The van der Waals surface area contributed by atoms with Gasteiger partial charge >= 0.3 is 0 Å². The van der Waals surface area contributed by atoms with E-state index in [1.807, 2.05) is 70.4 Å². The molecule has 3 heterocycles. The van der Waals surface area contributed by atoms with Crippen molar-refractivity contribution in [1.82, 2.24) is 19.7 Å². The van der Waals surface area contributed by atoms with Crippen LogP contribution in [0.4, 0.5) is 5.82 Å². The summed E-state index contributed by atoms with van der Waals surface area (Å²) in [6.45, 7) is 3.21. The molecule has 4 aromatic rings. The van der Waals surface area contributed by atoms with Crippen LogP contribution in [0.5, 0.6) is 5.75 Å². The van der Waals surface area contributed by atoms with Crippen molar-refractivity contribution in [3.8, 4) is 17.0 Å². The van der Waals surface area contributed by atoms with Crippen LogP contribution in [0.25, 0.3) is 11.3 Å². The quantitative estimate of drug-likeness (QED) is 0.397. The van der Waals surface area contributed by atoms with Crippen LogP contribution in [0.2, 0.25) is 5.02 Å². The number of benzene rings is 2. The molecule has 0 unspecified atom stereocenters. The number of hydrogen-bond acceptors (Lipinski definition) is 5. The number of halogens is 1. The molecule has 0 atom stereocenters. The normalized spacial score (nSPS) is 13.7. The van der Waals surface area contributed by atoms with Crippen molar-refractivity contribution in [3.63, 3.8) is 0 Å². The number of rotatable bonds is 6. The van der Waals surface area contributed by atoms with Crippen molar-refractivity contribution in [2.24, 2.45) is 0 Å². The summed E-state index contributed by atoms with van der Waals surface area (Å²) in [4.78, 5) is 22.1. The molecule has 0 aliphatic carbocycles. The lowest BCUT2D eigenvalue weighted by Gasteiger charge is -2.35. The van der Waals surface area contributed by atoms with Crippen molar-refractivity contribution >= 4 is 23.3 Å². The van der Waals surface area contributed by atoms with Gasteiger partial charge in [0.1, 0.15) is 17.3 Å². The Labute approximate surface area is 209 Å². The van der Waals surface area contributed by atoms with Crippen LogP contribution in [0.3, 0.4) is 0 Å². The van der Waals surface area contributed by atoms with E-state index in [0.717, 1.165) is 22.7 Å². The second-order valence-electron chi connectivity index (χ2n) is 8.42. The summed E-state index contributed by atoms with van der Waals surface area (Å²) in [6.07, 6.45) is 3.51. The van der Waals surface area contributed by atoms with E-state index in [2.05, 4.69) is 22.0 Å². The molecule has 1 fully saturated rings. The van der Waals surface area contributed by atoms with Crippen molar-refractivity contribution in [2.75, 3.05) is 38.2 Å². The SMILES string of the molecule is COc1ccc(-c2nn(Cc3ccccc3)cc2C(=O)N2CCN(c3ccc(Cl)cn3)CC2)cc1. The van der Waals surface area contributed by atoms with Crippen LogP contribution < -0.4 is 9.64 Å². The summed E-state index contributed by atoms with van der Waals surface area (Å²) >= 11 is 5.97. The molecular formula is C27H26ClN5O2. The van der Waals surface area contributed by atoms with Crippen LogP contribution in [-0.2, 0) is 6.54 Å². The molecule has 1 aliphatic heterocycles. The van der Waals surface area contributed by atoms with Gasteiger partial charge in [0.25, 0.3) is 5.91 Å². The topological polar surface area (TPSA) is 63.5 Å². The summed E-state index contributed by atoms with van der Waals surface area (Å²) < 4.78 is 7.14. The molecule has 1 aliphatic rings. The highest BCUT2D eigenvalue weighted by atomic mass is 35.5. The molecule has 2 aromatic heterocycles. The van der Waals surface area contributed by atoms with E-state index in [0.29, 0.717) is 49.0 Å². The maximum atomic E-state index is 13.7. The van der Waals surface area contributed by atoms with Crippen LogP contribution >= 0.6 is 11.6 Å². The standard InChI is InChI=1S/C27H26ClN5O2/c1-35-23-10-7-21(8-11-23)26-24(19-33(30-26)18-20-5-3-2-4-6-20)27(34)32-15-13-31(14-16-32)25-12-9-22(28)17-29-25/h2-12,17,19H,13-16,18H2,1H3. The van der Waals surface area contributed by atoms with E-state index in [9.17, 15) is 4.79 Å². The summed E-state index contributed by atoms with van der Waals surface area (Å²) in [5.41, 5.74) is 3.28. The average Bonchev–Trinajstić information content (AvgIpc) is 3.33. The molecule has 8 heteroatoms. The van der Waals surface area contributed by atoms with Gasteiger partial charge in [0.15, 0.2) is 0 Å². The minimum absolute atomic E-state index is 0.0150. The van der Waals surface area contributed by atoms with Crippen LogP contribution in [0.15, 0.2) is 79.1 Å². The van der Waals surface area contributed by atoms with Crippen molar-refractivity contribution in [1.29, 1.82) is 0 Å². The lowest BCUT2D eigenvalue weighted by Crippen LogP contribution is -2.49. The number of piperazine rings is 1. The Hall–Kier alpha value is -3.84. The second-order valence-corrected chi connectivity index (χ2v) is 8.85. The number of methoxy groups -OCH3 is 1. The number of anilines is 1. The van der Waals surface area contributed by atoms with E-state index in [1.165, 1.54) is 0 Å². The molecule has 35 heavy (non-hydrogen) atoms. The Morgan fingerprint density at radius 2 is 1.71 bits per heavy atom. The van der Waals surface area contributed by atoms with E-state index in [1.54, 1.807) is 13.3 Å². The number of pyridine rings is 1. The van der Waals surface area contributed by atoms with Crippen LogP contribution in [-0.4, -0.2) is 58.9 Å². The fourth-order valence-electron chi connectivity index (χ4n) is 4.26. The lowest BCUT2D eigenvalue weighted by molar-refractivity contribution is 0.0747. The number of carbonyl (C=O) groups excluding carboxylic acids is 1. The number of hydrogen-bond donors (Lipinski definition) is 0. The minimum atomic E-state index is -0.0150. The first-order valence-electron chi connectivity index (χ1n) is 11.5. The third-order valence-corrected chi connectivity index (χ3v) is 6.37. The maximum absolute atomic E-state index is 13.7. The van der Waals surface area contributed by atoms with E-state index in [-0.39, 0.29) is 5.91 Å². The molecule has 0 radical (unpaired) electrons. The van der Waals surface area contributed by atoms with Gasteiger partial charge in [-0.15, -0.1) is 0 Å². The number of nitrogens with zero attached hydrogens (tertiary/aromatic N) is 5. The molecule has 7 nitrogen and oxygen atoms in total. The summed E-state index contributed by atoms with van der Waals surface area (Å²) in [7, 11) is 1.64. The molecular weight excluding hydrogens is 462 g/mol. The largest absolute Gasteiger partial charge is 0.497 e. The Kier molecular flexibility index (Phi) is 6.68. The van der Waals surface area contributed by atoms with Crippen LogP contribution in [0, 0.1) is 0 Å². The van der Waals surface area contributed by atoms with Crippen molar-refractivity contribution in [2.45, 2.75) is 6.54 Å². The lowest BCUT2D eigenvalue weighted by atomic mass is 10.1. The first-order chi connectivity index (χ1) is 17.1. The number of amides is 1. The number of carbonyl (C=O) groups is 1. The first kappa shape index (κ1) is 22.9. The van der Waals surface area contributed by atoms with Crippen LogP contribution in [0.1, 0.15) is 15.9 Å². The Morgan fingerprint density at radius 3 is 2.37 bits per heavy atom. The molecule has 0 spiro atoms. The highest BCUT2D eigenvalue weighted by Gasteiger charge is 2.27. The van der Waals surface area contributed by atoms with Crippen molar-refractivity contribution in [3.05, 3.63) is 95.3 Å². The van der Waals surface area contributed by atoms with Gasteiger partial charge in [0.05, 0.1) is 24.2 Å². The van der Waals surface area contributed by atoms with Gasteiger partial charge in [-0.3, -0.25) is 9.48 Å². The number of ether oxygens (including phenoxy) is 1. The molecule has 1 amide bonds. The van der Waals surface area contributed by atoms with Gasteiger partial charge in [0, 0.05) is 44.1 Å². The minimum Gasteiger partial charge on any atom is -0.497 e. The second kappa shape index (κ2) is 10.2. The highest BCUT2D eigenvalue weighted by molar-refractivity contribution is 6.30. The van der Waals surface area contributed by atoms with Gasteiger partial charge < -0.3 is 14.5 Å². The van der Waals surface area contributed by atoms with E-state index in [4.69, 9.17) is 21.4 Å². The molecule has 178 valence electrons. The predicted molar refractivity (Wildman–Crippen MR) is 137 cm³/mol. The predicted octanol–water partition coefficient (Wildman–Crippen LogP) is 4.62. The summed E-state index contributed by atoms with van der Waals surface area (Å²) in [5.74, 6) is 1.62. The fourth-order valence-corrected chi connectivity index (χ4v) is 4.37. The zero-order chi connectivity index (χ0) is 24.2. The van der Waals surface area contributed by atoms with Gasteiger partial charge in [-0.05, 0) is 42.0 Å². The molecule has 1 saturated heterocycles. The fraction of sp³-hybridized carbons (Fsp3) is 0.222. The maximum Gasteiger partial charge on any atom is 0.257 e. The molecule has 2 aromatic carbocycles. The van der Waals surface area contributed by atoms with Gasteiger partial charge in [-0.25, -0.2) is 4.98 Å². The monoisotopic (exact) mass is 487 g/mol. The van der Waals surface area contributed by atoms with E-state index < -0.39 is 0 Å². The summed E-state index contributed by atoms with van der Waals surface area (Å²) in [5, 5.41) is 5.43. The first-order valence-corrected chi connectivity index (χ1v) is 11.9. The van der Waals surface area contributed by atoms with Crippen molar-refractivity contribution < 1.29 is 9.53 Å². The Morgan fingerprint density at radius 1 is 0.971 bits per heavy atom. The zero-order valence-electron chi connectivity index (χ0n) is 19.5. The van der Waals surface area contributed by atoms with Gasteiger partial charge in [-0.2, -0.15) is 5.10 Å². The summed E-state index contributed by atoms with van der Waals surface area (Å²) in [6, 6.07) is 21.5. The molecule has 0 N–H and O–H groups in total. The third-order valence-electron chi connectivity index (χ3n) is 6.15. The molecule has 0 bridgehead atoms. The van der Waals surface area contributed by atoms with Gasteiger partial charge in [0.2, 0.25) is 0 Å². The Bertz CT molecular complexity index is 1280. The highest BCUT2D eigenvalue weighted by Crippen LogP contribution is 2.27. The molecule has 5 rings (SSSR count). The molecule has 0 saturated carbocycles. The van der Waals surface area contributed by atoms with E-state index >= 15 is 0 Å². The zero-order valence-corrected chi connectivity index (χ0v) is 20.2. The average molecular weight is 488 g/mol. The number of aromatic nitrogens is 3. The third kappa shape index (κ3) is 5.15. The Balaban J connectivity index is 1.38.